The van der Waals surface area contributed by atoms with Crippen LogP contribution in [0.1, 0.15) is 10.4 Å². The molecule has 0 fully saturated rings. The first-order valence-corrected chi connectivity index (χ1v) is 5.33. The maximum absolute atomic E-state index is 11.8. The molecular formula is C12H15NO6. The molecule has 0 amide bonds. The van der Waals surface area contributed by atoms with Gasteiger partial charge in [0.25, 0.3) is 0 Å². The quantitative estimate of drug-likeness (QED) is 0.608. The van der Waals surface area contributed by atoms with Crippen molar-refractivity contribution >= 4 is 11.9 Å². The average Bonchev–Trinajstić information content (AvgIpc) is 2.44. The Bertz CT molecular complexity index is 485. The van der Waals surface area contributed by atoms with Gasteiger partial charge in [-0.1, -0.05) is 0 Å². The van der Waals surface area contributed by atoms with E-state index >= 15 is 0 Å². The van der Waals surface area contributed by atoms with Crippen molar-refractivity contribution in [3.05, 3.63) is 17.7 Å². The van der Waals surface area contributed by atoms with Gasteiger partial charge < -0.3 is 24.7 Å². The summed E-state index contributed by atoms with van der Waals surface area (Å²) < 4.78 is 19.8. The van der Waals surface area contributed by atoms with Crippen LogP contribution in [-0.4, -0.2) is 39.8 Å². The monoisotopic (exact) mass is 269 g/mol. The van der Waals surface area contributed by atoms with Crippen LogP contribution in [0.2, 0.25) is 0 Å². The van der Waals surface area contributed by atoms with Crippen molar-refractivity contribution < 1.29 is 28.5 Å². The Balaban J connectivity index is 3.21. The maximum atomic E-state index is 11.8. The molecule has 0 bridgehead atoms. The topological polar surface area (TPSA) is 97.1 Å². The third kappa shape index (κ3) is 3.14. The number of ether oxygens (including phenoxy) is 4. The molecule has 0 aliphatic rings. The lowest BCUT2D eigenvalue weighted by Gasteiger charge is -2.14. The van der Waals surface area contributed by atoms with Gasteiger partial charge in [0, 0.05) is 0 Å². The number of carbonyl (C=O) groups excluding carboxylic acids is 2. The van der Waals surface area contributed by atoms with E-state index in [4.69, 9.17) is 19.9 Å². The number of esters is 2. The number of rotatable bonds is 5. The van der Waals surface area contributed by atoms with E-state index in [9.17, 15) is 9.59 Å². The van der Waals surface area contributed by atoms with E-state index in [0.29, 0.717) is 5.75 Å². The van der Waals surface area contributed by atoms with E-state index in [1.165, 1.54) is 33.5 Å². The molecule has 2 N–H and O–H groups in total. The third-order valence-corrected chi connectivity index (χ3v) is 2.30. The molecule has 0 saturated carbocycles. The second-order valence-corrected chi connectivity index (χ2v) is 3.35. The van der Waals surface area contributed by atoms with Crippen LogP contribution in [0.5, 0.6) is 17.2 Å². The van der Waals surface area contributed by atoms with Crippen molar-refractivity contribution in [2.45, 2.75) is 0 Å². The zero-order valence-corrected chi connectivity index (χ0v) is 10.9. The van der Waals surface area contributed by atoms with E-state index in [0.717, 1.165) is 0 Å². The molecule has 1 rings (SSSR count). The maximum Gasteiger partial charge on any atom is 0.349 e. The molecule has 0 atom stereocenters. The van der Waals surface area contributed by atoms with Gasteiger partial charge in [-0.3, -0.25) is 4.79 Å². The van der Waals surface area contributed by atoms with E-state index in [1.54, 1.807) is 0 Å². The second-order valence-electron chi connectivity index (χ2n) is 3.35. The average molecular weight is 269 g/mol. The van der Waals surface area contributed by atoms with Crippen molar-refractivity contribution in [1.29, 1.82) is 0 Å². The van der Waals surface area contributed by atoms with Crippen LogP contribution in [0.3, 0.4) is 0 Å². The highest BCUT2D eigenvalue weighted by Gasteiger charge is 2.23. The minimum Gasteiger partial charge on any atom is -0.493 e. The zero-order chi connectivity index (χ0) is 14.4. The molecule has 0 unspecified atom stereocenters. The molecule has 0 radical (unpaired) electrons. The SMILES string of the molecule is COc1ccc(C(=O)OC(=O)CN)c(OC)c1OC. The van der Waals surface area contributed by atoms with Crippen molar-refractivity contribution in [3.63, 3.8) is 0 Å². The number of nitrogens with two attached hydrogens (primary N) is 1. The fourth-order valence-corrected chi connectivity index (χ4v) is 1.46. The summed E-state index contributed by atoms with van der Waals surface area (Å²) in [5.74, 6) is -0.951. The summed E-state index contributed by atoms with van der Waals surface area (Å²) in [5, 5.41) is 0. The Morgan fingerprint density at radius 3 is 2.16 bits per heavy atom. The lowest BCUT2D eigenvalue weighted by atomic mass is 10.1. The van der Waals surface area contributed by atoms with Crippen LogP contribution in [0, 0.1) is 0 Å². The normalized spacial score (nSPS) is 9.68. The summed E-state index contributed by atoms with van der Waals surface area (Å²) in [7, 11) is 4.21. The number of benzene rings is 1. The van der Waals surface area contributed by atoms with Crippen molar-refractivity contribution in [2.24, 2.45) is 5.73 Å². The zero-order valence-electron chi connectivity index (χ0n) is 10.9. The van der Waals surface area contributed by atoms with Gasteiger partial charge in [0.15, 0.2) is 11.5 Å². The smallest absolute Gasteiger partial charge is 0.349 e. The Hall–Kier alpha value is -2.28. The number of methoxy groups -OCH3 is 3. The summed E-state index contributed by atoms with van der Waals surface area (Å²) in [5.41, 5.74) is 5.11. The van der Waals surface area contributed by atoms with E-state index in [1.807, 2.05) is 0 Å². The standard InChI is InChI=1S/C12H15NO6/c1-16-8-5-4-7(10(17-2)11(8)18-3)12(15)19-9(14)6-13/h4-5H,6,13H2,1-3H3. The summed E-state index contributed by atoms with van der Waals surface area (Å²) in [6.45, 7) is -0.388. The molecule has 7 heteroatoms. The number of carbonyl (C=O) groups is 2. The molecule has 104 valence electrons. The Kier molecular flexibility index (Phi) is 5.13. The molecule has 0 aliphatic heterocycles. The van der Waals surface area contributed by atoms with Gasteiger partial charge in [0.2, 0.25) is 5.75 Å². The summed E-state index contributed by atoms with van der Waals surface area (Å²) >= 11 is 0. The second kappa shape index (κ2) is 6.60. The van der Waals surface area contributed by atoms with Gasteiger partial charge in [-0.2, -0.15) is 0 Å². The van der Waals surface area contributed by atoms with Crippen LogP contribution in [0.15, 0.2) is 12.1 Å². The predicted molar refractivity (Wildman–Crippen MR) is 65.6 cm³/mol. The van der Waals surface area contributed by atoms with Crippen LogP contribution in [0.4, 0.5) is 0 Å². The van der Waals surface area contributed by atoms with Gasteiger partial charge in [0.05, 0.1) is 27.9 Å². The van der Waals surface area contributed by atoms with Gasteiger partial charge in [0.1, 0.15) is 5.56 Å². The van der Waals surface area contributed by atoms with Crippen LogP contribution in [-0.2, 0) is 9.53 Å². The fraction of sp³-hybridized carbons (Fsp3) is 0.333. The van der Waals surface area contributed by atoms with Crippen molar-refractivity contribution in [1.82, 2.24) is 0 Å². The first-order valence-electron chi connectivity index (χ1n) is 5.33. The highest BCUT2D eigenvalue weighted by molar-refractivity contribution is 6.00. The van der Waals surface area contributed by atoms with E-state index < -0.39 is 11.9 Å². The molecule has 0 heterocycles. The Morgan fingerprint density at radius 1 is 1.05 bits per heavy atom. The summed E-state index contributed by atoms with van der Waals surface area (Å²) in [6.07, 6.45) is 0. The van der Waals surface area contributed by atoms with Crippen molar-refractivity contribution in [2.75, 3.05) is 27.9 Å². The largest absolute Gasteiger partial charge is 0.493 e. The first-order chi connectivity index (χ1) is 9.08. The lowest BCUT2D eigenvalue weighted by molar-refractivity contribution is -0.136. The number of hydrogen-bond donors (Lipinski definition) is 1. The van der Waals surface area contributed by atoms with Gasteiger partial charge in [-0.05, 0) is 12.1 Å². The molecule has 0 aliphatic carbocycles. The molecule has 19 heavy (non-hydrogen) atoms. The first kappa shape index (κ1) is 14.8. The number of hydrogen-bond acceptors (Lipinski definition) is 7. The molecule has 1 aromatic rings. The van der Waals surface area contributed by atoms with Gasteiger partial charge in [-0.15, -0.1) is 0 Å². The van der Waals surface area contributed by atoms with Crippen LogP contribution >= 0.6 is 0 Å². The van der Waals surface area contributed by atoms with Crippen LogP contribution < -0.4 is 19.9 Å². The lowest BCUT2D eigenvalue weighted by Crippen LogP contribution is -2.21. The minimum atomic E-state index is -0.867. The molecular weight excluding hydrogens is 254 g/mol. The van der Waals surface area contributed by atoms with Gasteiger partial charge >= 0.3 is 11.9 Å². The van der Waals surface area contributed by atoms with Crippen LogP contribution in [0.25, 0.3) is 0 Å². The van der Waals surface area contributed by atoms with Gasteiger partial charge in [-0.25, -0.2) is 4.79 Å². The van der Waals surface area contributed by atoms with E-state index in [-0.39, 0.29) is 23.6 Å². The minimum absolute atomic E-state index is 0.0435. The molecule has 1 aromatic carbocycles. The van der Waals surface area contributed by atoms with Crippen molar-refractivity contribution in [3.8, 4) is 17.2 Å². The molecule has 0 saturated heterocycles. The third-order valence-electron chi connectivity index (χ3n) is 2.30. The Labute approximate surface area is 110 Å². The molecule has 7 nitrogen and oxygen atoms in total. The molecule has 0 spiro atoms. The predicted octanol–water partition coefficient (Wildman–Crippen LogP) is 0.354. The Morgan fingerprint density at radius 2 is 1.68 bits per heavy atom. The van der Waals surface area contributed by atoms with E-state index in [2.05, 4.69) is 4.74 Å². The summed E-state index contributed by atoms with van der Waals surface area (Å²) in [4.78, 5) is 22.8. The highest BCUT2D eigenvalue weighted by atomic mass is 16.6. The highest BCUT2D eigenvalue weighted by Crippen LogP contribution is 2.39. The summed E-state index contributed by atoms with van der Waals surface area (Å²) in [6, 6.07) is 2.91. The molecule has 0 aromatic heterocycles. The fourth-order valence-electron chi connectivity index (χ4n) is 1.46.